The van der Waals surface area contributed by atoms with Gasteiger partial charge in [0.15, 0.2) is 5.78 Å². The molecule has 0 fully saturated rings. The van der Waals surface area contributed by atoms with E-state index in [-0.39, 0.29) is 12.2 Å². The molecule has 6 heteroatoms. The Kier molecular flexibility index (Phi) is 3.98. The van der Waals surface area contributed by atoms with Crippen molar-refractivity contribution in [2.24, 2.45) is 7.05 Å². The second-order valence-electron chi connectivity index (χ2n) is 6.74. The number of thiophene rings is 1. The molecular formula is C22H16N4OS. The first kappa shape index (κ1) is 16.8. The largest absolute Gasteiger partial charge is 0.294 e. The number of carbonyl (C=O) groups is 1. The Morgan fingerprint density at radius 3 is 2.82 bits per heavy atom. The molecule has 0 aliphatic heterocycles. The maximum atomic E-state index is 12.7. The van der Waals surface area contributed by atoms with Gasteiger partial charge in [-0.05, 0) is 46.7 Å². The van der Waals surface area contributed by atoms with Gasteiger partial charge in [0.1, 0.15) is 5.82 Å². The van der Waals surface area contributed by atoms with E-state index in [4.69, 9.17) is 0 Å². The SMILES string of the molecule is Cn1cc(-c2ccc3cnc(CC(=O)c4ccc5sccc5c4)nc3c2)cn1. The molecular weight excluding hydrogens is 368 g/mol. The zero-order valence-corrected chi connectivity index (χ0v) is 16.0. The lowest BCUT2D eigenvalue weighted by Gasteiger charge is -2.05. The normalized spacial score (nSPS) is 11.3. The maximum absolute atomic E-state index is 12.7. The summed E-state index contributed by atoms with van der Waals surface area (Å²) in [5.74, 6) is 0.558. The third-order valence-electron chi connectivity index (χ3n) is 4.76. The van der Waals surface area contributed by atoms with Crippen LogP contribution in [0.1, 0.15) is 16.2 Å². The molecule has 0 atom stereocenters. The Morgan fingerprint density at radius 1 is 1.04 bits per heavy atom. The van der Waals surface area contributed by atoms with Gasteiger partial charge in [-0.15, -0.1) is 11.3 Å². The third-order valence-corrected chi connectivity index (χ3v) is 5.66. The van der Waals surface area contributed by atoms with E-state index in [0.717, 1.165) is 27.4 Å². The second-order valence-corrected chi connectivity index (χ2v) is 7.68. The Bertz CT molecular complexity index is 1330. The number of nitrogens with zero attached hydrogens (tertiary/aromatic N) is 4. The highest BCUT2D eigenvalue weighted by atomic mass is 32.1. The van der Waals surface area contributed by atoms with Gasteiger partial charge >= 0.3 is 0 Å². The standard InChI is InChI=1S/C22H16N4OS/c1-26-13-18(12-24-26)14-2-3-17-11-23-22(25-19(17)9-14)10-20(27)15-4-5-21-16(8-15)6-7-28-21/h2-9,11-13H,10H2,1H3. The van der Waals surface area contributed by atoms with Crippen molar-refractivity contribution in [1.29, 1.82) is 0 Å². The van der Waals surface area contributed by atoms with E-state index in [0.29, 0.717) is 11.4 Å². The van der Waals surface area contributed by atoms with Crippen molar-refractivity contribution in [3.63, 3.8) is 0 Å². The highest BCUT2D eigenvalue weighted by Gasteiger charge is 2.11. The van der Waals surface area contributed by atoms with E-state index in [9.17, 15) is 4.79 Å². The van der Waals surface area contributed by atoms with Crippen LogP contribution in [-0.4, -0.2) is 25.5 Å². The minimum Gasteiger partial charge on any atom is -0.294 e. The van der Waals surface area contributed by atoms with E-state index < -0.39 is 0 Å². The van der Waals surface area contributed by atoms with Crippen LogP contribution in [0.5, 0.6) is 0 Å². The molecule has 0 saturated heterocycles. The second kappa shape index (κ2) is 6.65. The van der Waals surface area contributed by atoms with Crippen LogP contribution in [0.15, 0.2) is 66.4 Å². The van der Waals surface area contributed by atoms with Gasteiger partial charge in [-0.1, -0.05) is 12.1 Å². The van der Waals surface area contributed by atoms with Crippen molar-refractivity contribution in [2.75, 3.05) is 0 Å². The summed E-state index contributed by atoms with van der Waals surface area (Å²) >= 11 is 1.67. The van der Waals surface area contributed by atoms with Gasteiger partial charge in [0.05, 0.1) is 18.1 Å². The molecule has 0 aliphatic carbocycles. The van der Waals surface area contributed by atoms with Gasteiger partial charge in [0.25, 0.3) is 0 Å². The van der Waals surface area contributed by atoms with Crippen molar-refractivity contribution in [3.8, 4) is 11.1 Å². The quantitative estimate of drug-likeness (QED) is 0.423. The van der Waals surface area contributed by atoms with Crippen molar-refractivity contribution < 1.29 is 4.79 Å². The minimum atomic E-state index is 0.0239. The zero-order valence-electron chi connectivity index (χ0n) is 15.2. The number of rotatable bonds is 4. The zero-order chi connectivity index (χ0) is 19.1. The highest BCUT2D eigenvalue weighted by molar-refractivity contribution is 7.17. The van der Waals surface area contributed by atoms with Crippen molar-refractivity contribution in [3.05, 3.63) is 77.8 Å². The van der Waals surface area contributed by atoms with Gasteiger partial charge in [0.2, 0.25) is 0 Å². The Labute approximate surface area is 165 Å². The molecule has 0 spiro atoms. The molecule has 0 saturated carbocycles. The smallest absolute Gasteiger partial charge is 0.170 e. The fourth-order valence-corrected chi connectivity index (χ4v) is 4.05. The number of carbonyl (C=O) groups excluding carboxylic acids is 1. The molecule has 0 N–H and O–H groups in total. The van der Waals surface area contributed by atoms with E-state index in [1.807, 2.05) is 67.3 Å². The number of hydrogen-bond acceptors (Lipinski definition) is 5. The van der Waals surface area contributed by atoms with E-state index in [1.165, 1.54) is 4.70 Å². The fraction of sp³-hybridized carbons (Fsp3) is 0.0909. The minimum absolute atomic E-state index is 0.0239. The molecule has 3 heterocycles. The molecule has 3 aromatic heterocycles. The Morgan fingerprint density at radius 2 is 1.96 bits per heavy atom. The molecule has 5 nitrogen and oxygen atoms in total. The molecule has 28 heavy (non-hydrogen) atoms. The number of Topliss-reactive ketones (excluding diaryl/α,β-unsaturated/α-hetero) is 1. The van der Waals surface area contributed by atoms with Crippen LogP contribution in [0.2, 0.25) is 0 Å². The number of hydrogen-bond donors (Lipinski definition) is 0. The highest BCUT2D eigenvalue weighted by Crippen LogP contribution is 2.24. The summed E-state index contributed by atoms with van der Waals surface area (Å²) in [6.07, 6.45) is 5.75. The number of aromatic nitrogens is 4. The summed E-state index contributed by atoms with van der Waals surface area (Å²) in [5.41, 5.74) is 3.59. The molecule has 0 unspecified atom stereocenters. The molecule has 5 aromatic rings. The van der Waals surface area contributed by atoms with Gasteiger partial charge in [-0.25, -0.2) is 9.97 Å². The van der Waals surface area contributed by atoms with Gasteiger partial charge in [-0.2, -0.15) is 5.10 Å². The van der Waals surface area contributed by atoms with Crippen LogP contribution >= 0.6 is 11.3 Å². The van der Waals surface area contributed by atoms with E-state index in [2.05, 4.69) is 15.1 Å². The number of fused-ring (bicyclic) bond motifs is 2. The summed E-state index contributed by atoms with van der Waals surface area (Å²) in [5, 5.41) is 8.30. The summed E-state index contributed by atoms with van der Waals surface area (Å²) in [4.78, 5) is 21.7. The van der Waals surface area contributed by atoms with E-state index >= 15 is 0 Å². The first-order valence-corrected chi connectivity index (χ1v) is 9.79. The Balaban J connectivity index is 1.45. The van der Waals surface area contributed by atoms with Crippen molar-refractivity contribution in [1.82, 2.24) is 19.7 Å². The first-order valence-electron chi connectivity index (χ1n) is 8.91. The maximum Gasteiger partial charge on any atom is 0.170 e. The average Bonchev–Trinajstić information content (AvgIpc) is 3.35. The van der Waals surface area contributed by atoms with Crippen LogP contribution in [0.4, 0.5) is 0 Å². The summed E-state index contributed by atoms with van der Waals surface area (Å²) in [6.45, 7) is 0. The van der Waals surface area contributed by atoms with Crippen LogP contribution in [0, 0.1) is 0 Å². The fourth-order valence-electron chi connectivity index (χ4n) is 3.28. The van der Waals surface area contributed by atoms with E-state index in [1.54, 1.807) is 22.2 Å². The summed E-state index contributed by atoms with van der Waals surface area (Å²) < 4.78 is 2.95. The monoisotopic (exact) mass is 384 g/mol. The lowest BCUT2D eigenvalue weighted by Crippen LogP contribution is -2.07. The molecule has 0 amide bonds. The van der Waals surface area contributed by atoms with Gasteiger partial charge in [-0.3, -0.25) is 9.48 Å². The van der Waals surface area contributed by atoms with Gasteiger partial charge in [0, 0.05) is 40.7 Å². The molecule has 5 rings (SSSR count). The molecule has 0 aliphatic rings. The predicted octanol–water partition coefficient (Wildman–Crippen LogP) is 4.67. The van der Waals surface area contributed by atoms with Crippen LogP contribution in [-0.2, 0) is 13.5 Å². The topological polar surface area (TPSA) is 60.7 Å². The van der Waals surface area contributed by atoms with Crippen molar-refractivity contribution in [2.45, 2.75) is 6.42 Å². The summed E-state index contributed by atoms with van der Waals surface area (Å²) in [7, 11) is 1.89. The number of aryl methyl sites for hydroxylation is 1. The predicted molar refractivity (Wildman–Crippen MR) is 112 cm³/mol. The number of ketones is 1. The van der Waals surface area contributed by atoms with Gasteiger partial charge < -0.3 is 0 Å². The summed E-state index contributed by atoms with van der Waals surface area (Å²) in [6, 6.07) is 13.9. The third kappa shape index (κ3) is 3.08. The lowest BCUT2D eigenvalue weighted by molar-refractivity contribution is 0.0991. The lowest BCUT2D eigenvalue weighted by atomic mass is 10.1. The average molecular weight is 384 g/mol. The van der Waals surface area contributed by atoms with Crippen LogP contribution in [0.25, 0.3) is 32.1 Å². The molecule has 136 valence electrons. The number of benzene rings is 2. The molecule has 0 bridgehead atoms. The first-order chi connectivity index (χ1) is 13.7. The van der Waals surface area contributed by atoms with Crippen LogP contribution < -0.4 is 0 Å². The van der Waals surface area contributed by atoms with Crippen molar-refractivity contribution >= 4 is 38.1 Å². The Hall–Kier alpha value is -3.38. The molecule has 2 aromatic carbocycles. The molecule has 0 radical (unpaired) electrons. The van der Waals surface area contributed by atoms with Crippen LogP contribution in [0.3, 0.4) is 0 Å².